The second-order valence-corrected chi connectivity index (χ2v) is 4.71. The molecule has 0 aliphatic heterocycles. The molecule has 3 N–H and O–H groups in total. The average Bonchev–Trinajstić information content (AvgIpc) is 1.75. The van der Waals surface area contributed by atoms with Crippen LogP contribution in [-0.2, 0) is 10.2 Å². The summed E-state index contributed by atoms with van der Waals surface area (Å²) in [6, 6.07) is 0. The molecule has 1 aliphatic rings. The van der Waals surface area contributed by atoms with Crippen LogP contribution in [0.4, 0.5) is 0 Å². The Kier molecular flexibility index (Phi) is 2.51. The summed E-state index contributed by atoms with van der Waals surface area (Å²) in [7, 11) is -3.46. The molecule has 0 aromatic rings. The Morgan fingerprint density at radius 3 is 2.45 bits per heavy atom. The van der Waals surface area contributed by atoms with E-state index in [1.54, 1.807) is 0 Å². The molecule has 66 valence electrons. The monoisotopic (exact) mass is 178 g/mol. The van der Waals surface area contributed by atoms with Crippen molar-refractivity contribution < 1.29 is 8.42 Å². The molecule has 5 heteroatoms. The maximum absolute atomic E-state index is 10.4. The van der Waals surface area contributed by atoms with Crippen LogP contribution >= 0.6 is 0 Å². The van der Waals surface area contributed by atoms with Gasteiger partial charge in [-0.05, 0) is 24.7 Å². The van der Waals surface area contributed by atoms with Crippen molar-refractivity contribution in [1.29, 1.82) is 0 Å². The third-order valence-corrected chi connectivity index (χ3v) is 2.61. The normalized spacial score (nSPS) is 31.5. The van der Waals surface area contributed by atoms with Crippen molar-refractivity contribution in [1.82, 2.24) is 4.72 Å². The Balaban J connectivity index is 2.15. The van der Waals surface area contributed by atoms with Gasteiger partial charge in [0.2, 0.25) is 0 Å². The quantitative estimate of drug-likeness (QED) is 0.629. The number of rotatable bonds is 3. The van der Waals surface area contributed by atoms with E-state index in [4.69, 9.17) is 5.14 Å². The van der Waals surface area contributed by atoms with Gasteiger partial charge in [-0.2, -0.15) is 8.42 Å². The predicted octanol–water partition coefficient (Wildman–Crippen LogP) is -0.174. The number of nitrogens with one attached hydrogen (secondary N) is 1. The van der Waals surface area contributed by atoms with Crippen molar-refractivity contribution in [3.05, 3.63) is 0 Å². The van der Waals surface area contributed by atoms with E-state index in [9.17, 15) is 8.42 Å². The van der Waals surface area contributed by atoms with E-state index in [2.05, 4.69) is 11.6 Å². The first-order valence-electron chi connectivity index (χ1n) is 3.75. The highest BCUT2D eigenvalue weighted by Crippen LogP contribution is 2.32. The predicted molar refractivity (Wildman–Crippen MR) is 43.0 cm³/mol. The first kappa shape index (κ1) is 8.96. The molecule has 0 saturated heterocycles. The molecule has 0 heterocycles. The molecule has 0 amide bonds. The molecule has 0 bridgehead atoms. The Hall–Kier alpha value is -0.130. The van der Waals surface area contributed by atoms with Crippen molar-refractivity contribution in [3.63, 3.8) is 0 Å². The van der Waals surface area contributed by atoms with Gasteiger partial charge in [-0.15, -0.1) is 0 Å². The second kappa shape index (κ2) is 3.08. The molecular weight excluding hydrogens is 164 g/mol. The fourth-order valence-corrected chi connectivity index (χ4v) is 1.94. The van der Waals surface area contributed by atoms with Crippen molar-refractivity contribution in [2.24, 2.45) is 17.0 Å². The summed E-state index contributed by atoms with van der Waals surface area (Å²) in [6.45, 7) is 2.66. The van der Waals surface area contributed by atoms with Crippen LogP contribution in [0.25, 0.3) is 0 Å². The molecule has 1 rings (SSSR count). The van der Waals surface area contributed by atoms with E-state index in [0.29, 0.717) is 12.5 Å². The largest absolute Gasteiger partial charge is 0.274 e. The van der Waals surface area contributed by atoms with Gasteiger partial charge >= 0.3 is 0 Å². The van der Waals surface area contributed by atoms with Crippen molar-refractivity contribution in [2.45, 2.75) is 19.8 Å². The van der Waals surface area contributed by atoms with E-state index in [1.807, 2.05) is 0 Å². The summed E-state index contributed by atoms with van der Waals surface area (Å²) in [5, 5.41) is 4.76. The van der Waals surface area contributed by atoms with Gasteiger partial charge in [0.1, 0.15) is 0 Å². The van der Waals surface area contributed by atoms with Gasteiger partial charge < -0.3 is 0 Å². The second-order valence-electron chi connectivity index (χ2n) is 3.34. The van der Waals surface area contributed by atoms with Crippen molar-refractivity contribution >= 4 is 10.2 Å². The number of hydrogen-bond acceptors (Lipinski definition) is 2. The zero-order chi connectivity index (χ0) is 8.48. The fourth-order valence-electron chi connectivity index (χ4n) is 1.47. The van der Waals surface area contributed by atoms with Crippen LogP contribution in [0, 0.1) is 11.8 Å². The first-order valence-corrected chi connectivity index (χ1v) is 5.29. The van der Waals surface area contributed by atoms with E-state index in [1.165, 1.54) is 0 Å². The Morgan fingerprint density at radius 1 is 1.55 bits per heavy atom. The van der Waals surface area contributed by atoms with E-state index in [-0.39, 0.29) is 0 Å². The van der Waals surface area contributed by atoms with Crippen LogP contribution in [0.2, 0.25) is 0 Å². The van der Waals surface area contributed by atoms with Crippen LogP contribution in [0.15, 0.2) is 0 Å². The standard InChI is InChI=1S/C6H14N2O2S/c1-5-2-6(3-5)4-8-11(7,9)10/h5-6,8H,2-4H2,1H3,(H2,7,9,10). The smallest absolute Gasteiger partial charge is 0.216 e. The van der Waals surface area contributed by atoms with Crippen LogP contribution in [0.3, 0.4) is 0 Å². The minimum Gasteiger partial charge on any atom is -0.216 e. The van der Waals surface area contributed by atoms with Gasteiger partial charge in [0.15, 0.2) is 0 Å². The third-order valence-electron chi connectivity index (χ3n) is 2.04. The highest BCUT2D eigenvalue weighted by Gasteiger charge is 2.25. The van der Waals surface area contributed by atoms with Gasteiger partial charge in [0.25, 0.3) is 10.2 Å². The van der Waals surface area contributed by atoms with Gasteiger partial charge in [0, 0.05) is 6.54 Å². The van der Waals surface area contributed by atoms with Gasteiger partial charge in [-0.1, -0.05) is 6.92 Å². The average molecular weight is 178 g/mol. The van der Waals surface area contributed by atoms with E-state index in [0.717, 1.165) is 18.8 Å². The maximum Gasteiger partial charge on any atom is 0.274 e. The zero-order valence-corrected chi connectivity index (χ0v) is 7.39. The molecule has 4 nitrogen and oxygen atoms in total. The molecule has 0 atom stereocenters. The van der Waals surface area contributed by atoms with Gasteiger partial charge in [0.05, 0.1) is 0 Å². The molecule has 11 heavy (non-hydrogen) atoms. The number of hydrogen-bond donors (Lipinski definition) is 2. The van der Waals surface area contributed by atoms with Crippen molar-refractivity contribution in [2.75, 3.05) is 6.54 Å². The lowest BCUT2D eigenvalue weighted by Crippen LogP contribution is -2.38. The SMILES string of the molecule is CC1CC(CNS(N)(=O)=O)C1. The van der Waals surface area contributed by atoms with Crippen LogP contribution in [-0.4, -0.2) is 15.0 Å². The van der Waals surface area contributed by atoms with Crippen LogP contribution in [0.1, 0.15) is 19.8 Å². The molecular formula is C6H14N2O2S. The molecule has 0 spiro atoms. The minimum atomic E-state index is -3.46. The van der Waals surface area contributed by atoms with Crippen LogP contribution < -0.4 is 9.86 Å². The summed E-state index contributed by atoms with van der Waals surface area (Å²) in [6.07, 6.45) is 2.23. The Labute approximate surface area is 67.3 Å². The molecule has 0 aromatic carbocycles. The molecule has 1 saturated carbocycles. The topological polar surface area (TPSA) is 72.2 Å². The molecule has 1 aliphatic carbocycles. The highest BCUT2D eigenvalue weighted by molar-refractivity contribution is 7.87. The lowest BCUT2D eigenvalue weighted by atomic mass is 9.76. The fraction of sp³-hybridized carbons (Fsp3) is 1.00. The summed E-state index contributed by atoms with van der Waals surface area (Å²) >= 11 is 0. The van der Waals surface area contributed by atoms with E-state index >= 15 is 0 Å². The van der Waals surface area contributed by atoms with Gasteiger partial charge in [-0.25, -0.2) is 9.86 Å². The van der Waals surface area contributed by atoms with Crippen molar-refractivity contribution in [3.8, 4) is 0 Å². The summed E-state index contributed by atoms with van der Waals surface area (Å²) in [5.41, 5.74) is 0. The Bertz CT molecular complexity index is 219. The molecule has 1 fully saturated rings. The highest BCUT2D eigenvalue weighted by atomic mass is 32.2. The summed E-state index contributed by atoms with van der Waals surface area (Å²) in [5.74, 6) is 1.26. The molecule has 0 radical (unpaired) electrons. The third kappa shape index (κ3) is 3.18. The van der Waals surface area contributed by atoms with Gasteiger partial charge in [-0.3, -0.25) is 0 Å². The summed E-state index contributed by atoms with van der Waals surface area (Å²) in [4.78, 5) is 0. The Morgan fingerprint density at radius 2 is 2.09 bits per heavy atom. The lowest BCUT2D eigenvalue weighted by molar-refractivity contribution is 0.215. The number of nitrogens with two attached hydrogens (primary N) is 1. The molecule has 0 unspecified atom stereocenters. The summed E-state index contributed by atoms with van der Waals surface area (Å²) < 4.78 is 23.1. The first-order chi connectivity index (χ1) is 4.97. The molecule has 0 aromatic heterocycles. The van der Waals surface area contributed by atoms with E-state index < -0.39 is 10.2 Å². The van der Waals surface area contributed by atoms with Crippen LogP contribution in [0.5, 0.6) is 0 Å². The maximum atomic E-state index is 10.4. The minimum absolute atomic E-state index is 0.503. The lowest BCUT2D eigenvalue weighted by Gasteiger charge is -2.32. The zero-order valence-electron chi connectivity index (χ0n) is 6.58.